The Morgan fingerprint density at radius 2 is 2.00 bits per heavy atom. The molecule has 7 heteroatoms. The Hall–Kier alpha value is -0.430. The zero-order chi connectivity index (χ0) is 14.9. The highest BCUT2D eigenvalue weighted by Crippen LogP contribution is 2.30. The van der Waals surface area contributed by atoms with E-state index < -0.39 is 0 Å². The van der Waals surface area contributed by atoms with Gasteiger partial charge >= 0.3 is 0 Å². The molecule has 1 aromatic rings. The summed E-state index contributed by atoms with van der Waals surface area (Å²) in [4.78, 5) is 10.5. The molecule has 2 aliphatic rings. The van der Waals surface area contributed by atoms with Crippen molar-refractivity contribution in [2.45, 2.75) is 25.7 Å². The summed E-state index contributed by atoms with van der Waals surface area (Å²) in [6.07, 6.45) is 5.98. The molecule has 0 N–H and O–H groups in total. The van der Waals surface area contributed by atoms with Crippen molar-refractivity contribution in [3.05, 3.63) is 21.2 Å². The molecular formula is C14H20BrClN4O. The Balaban J connectivity index is 1.58. The van der Waals surface area contributed by atoms with Crippen LogP contribution in [0.1, 0.15) is 25.7 Å². The highest BCUT2D eigenvalue weighted by molar-refractivity contribution is 9.10. The molecule has 2 saturated heterocycles. The molecule has 116 valence electrons. The van der Waals surface area contributed by atoms with E-state index in [1.165, 1.54) is 0 Å². The summed E-state index contributed by atoms with van der Waals surface area (Å²) >= 11 is 9.36. The van der Waals surface area contributed by atoms with Gasteiger partial charge in [-0.2, -0.15) is 4.98 Å². The van der Waals surface area contributed by atoms with Gasteiger partial charge < -0.3 is 14.8 Å². The van der Waals surface area contributed by atoms with Gasteiger partial charge in [-0.05, 0) is 40.4 Å². The minimum absolute atomic E-state index is 0.0354. The molecule has 0 radical (unpaired) electrons. The summed E-state index contributed by atoms with van der Waals surface area (Å²) in [6, 6.07) is 0. The van der Waals surface area contributed by atoms with Crippen LogP contribution in [0, 0.1) is 11.1 Å². The van der Waals surface area contributed by atoms with Crippen molar-refractivity contribution in [1.82, 2.24) is 9.97 Å². The van der Waals surface area contributed by atoms with Crippen LogP contribution in [-0.2, 0) is 0 Å². The lowest BCUT2D eigenvalue weighted by Crippen LogP contribution is -2.46. The third-order valence-electron chi connectivity index (χ3n) is 4.58. The molecular weight excluding hydrogens is 356 g/mol. The highest BCUT2D eigenvalue weighted by Gasteiger charge is 2.30. The Bertz CT molecular complexity index is 502. The maximum absolute atomic E-state index is 12.5. The molecule has 3 rings (SSSR count). The number of anilines is 1. The number of nitrogens with zero attached hydrogens (tertiary/aromatic N) is 4. The number of quaternary nitrogens is 1. The first kappa shape index (κ1) is 15.5. The Morgan fingerprint density at radius 3 is 2.67 bits per heavy atom. The molecule has 0 saturated carbocycles. The minimum Gasteiger partial charge on any atom is -0.633 e. The zero-order valence-corrected chi connectivity index (χ0v) is 14.3. The number of piperidine rings is 1. The fraction of sp³-hybridized carbons (Fsp3) is 0.714. The van der Waals surface area contributed by atoms with E-state index in [-0.39, 0.29) is 9.93 Å². The van der Waals surface area contributed by atoms with Crippen molar-refractivity contribution in [3.63, 3.8) is 0 Å². The Morgan fingerprint density at radius 1 is 1.33 bits per heavy atom. The Kier molecular flexibility index (Phi) is 4.69. The molecule has 0 aromatic carbocycles. The smallest absolute Gasteiger partial charge is 0.224 e. The van der Waals surface area contributed by atoms with Gasteiger partial charge in [0, 0.05) is 38.0 Å². The summed E-state index contributed by atoms with van der Waals surface area (Å²) < 4.78 is 0.908. The topological polar surface area (TPSA) is 52.1 Å². The number of hydrogen-bond donors (Lipinski definition) is 0. The van der Waals surface area contributed by atoms with Crippen LogP contribution in [0.2, 0.25) is 5.28 Å². The van der Waals surface area contributed by atoms with Crippen molar-refractivity contribution in [2.24, 2.45) is 5.92 Å². The quantitative estimate of drug-likeness (QED) is 0.462. The Labute approximate surface area is 138 Å². The van der Waals surface area contributed by atoms with Gasteiger partial charge in [0.05, 0.1) is 24.1 Å². The van der Waals surface area contributed by atoms with Gasteiger partial charge in [-0.3, -0.25) is 0 Å². The first-order chi connectivity index (χ1) is 10.1. The molecule has 0 spiro atoms. The van der Waals surface area contributed by atoms with E-state index in [4.69, 9.17) is 11.6 Å². The van der Waals surface area contributed by atoms with Gasteiger partial charge in [0.1, 0.15) is 5.82 Å². The van der Waals surface area contributed by atoms with E-state index >= 15 is 0 Å². The van der Waals surface area contributed by atoms with Crippen molar-refractivity contribution in [2.75, 3.05) is 37.6 Å². The van der Waals surface area contributed by atoms with Crippen LogP contribution < -0.4 is 4.90 Å². The zero-order valence-electron chi connectivity index (χ0n) is 12.0. The van der Waals surface area contributed by atoms with E-state index in [1.807, 2.05) is 0 Å². The van der Waals surface area contributed by atoms with E-state index in [0.29, 0.717) is 5.92 Å². The molecule has 0 amide bonds. The monoisotopic (exact) mass is 374 g/mol. The third-order valence-corrected chi connectivity index (χ3v) is 5.32. The van der Waals surface area contributed by atoms with Crippen LogP contribution in [-0.4, -0.2) is 47.3 Å². The molecule has 5 nitrogen and oxygen atoms in total. The fourth-order valence-corrected chi connectivity index (χ4v) is 4.02. The van der Waals surface area contributed by atoms with Gasteiger partial charge in [0.15, 0.2) is 0 Å². The average Bonchev–Trinajstić information content (AvgIpc) is 2.89. The second kappa shape index (κ2) is 6.36. The highest BCUT2D eigenvalue weighted by atomic mass is 79.9. The summed E-state index contributed by atoms with van der Waals surface area (Å²) in [5.74, 6) is 1.40. The predicted molar refractivity (Wildman–Crippen MR) is 87.1 cm³/mol. The summed E-state index contributed by atoms with van der Waals surface area (Å²) in [7, 11) is 0. The maximum atomic E-state index is 12.5. The number of hydroxylamine groups is 3. The SMILES string of the molecule is [O-][N+]1(CC2CCN(c3nc(Cl)ncc3Br)CC2)CCCC1. The molecule has 2 aliphatic heterocycles. The number of likely N-dealkylation sites (tertiary alicyclic amines) is 1. The third kappa shape index (κ3) is 3.67. The molecule has 3 heterocycles. The van der Waals surface area contributed by atoms with Gasteiger partial charge in [-0.15, -0.1) is 0 Å². The summed E-state index contributed by atoms with van der Waals surface area (Å²) in [5.41, 5.74) is 0. The maximum Gasteiger partial charge on any atom is 0.224 e. The minimum atomic E-state index is 0.0354. The van der Waals surface area contributed by atoms with E-state index in [9.17, 15) is 5.21 Å². The predicted octanol–water partition coefficient (Wildman–Crippen LogP) is 3.22. The molecule has 2 fully saturated rings. The number of halogens is 2. The van der Waals surface area contributed by atoms with E-state index in [1.54, 1.807) is 6.20 Å². The normalized spacial score (nSPS) is 22.7. The standard InChI is InChI=1S/C14H20BrClN4O/c15-12-9-17-14(16)18-13(12)19-5-3-11(4-6-19)10-20(21)7-1-2-8-20/h9,11H,1-8,10H2. The number of hydrogen-bond acceptors (Lipinski definition) is 4. The lowest BCUT2D eigenvalue weighted by molar-refractivity contribution is -0.871. The second-order valence-corrected chi connectivity index (χ2v) is 7.33. The lowest BCUT2D eigenvalue weighted by atomic mass is 9.96. The first-order valence-corrected chi connectivity index (χ1v) is 8.73. The van der Waals surface area contributed by atoms with Crippen molar-refractivity contribution in [1.29, 1.82) is 0 Å². The van der Waals surface area contributed by atoms with Crippen molar-refractivity contribution < 1.29 is 4.65 Å². The van der Waals surface area contributed by atoms with E-state index in [0.717, 1.165) is 68.7 Å². The molecule has 21 heavy (non-hydrogen) atoms. The van der Waals surface area contributed by atoms with Crippen LogP contribution in [0.3, 0.4) is 0 Å². The van der Waals surface area contributed by atoms with Crippen molar-refractivity contribution in [3.8, 4) is 0 Å². The largest absolute Gasteiger partial charge is 0.633 e. The van der Waals surface area contributed by atoms with Crippen LogP contribution in [0.5, 0.6) is 0 Å². The molecule has 0 bridgehead atoms. The van der Waals surface area contributed by atoms with Gasteiger partial charge in [-0.1, -0.05) is 0 Å². The van der Waals surface area contributed by atoms with Crippen LogP contribution >= 0.6 is 27.5 Å². The summed E-state index contributed by atoms with van der Waals surface area (Å²) in [5, 5.41) is 12.8. The van der Waals surface area contributed by atoms with Crippen LogP contribution in [0.25, 0.3) is 0 Å². The van der Waals surface area contributed by atoms with Crippen LogP contribution in [0.15, 0.2) is 10.7 Å². The number of rotatable bonds is 3. The molecule has 0 aliphatic carbocycles. The molecule has 1 aromatic heterocycles. The first-order valence-electron chi connectivity index (χ1n) is 7.56. The lowest BCUT2D eigenvalue weighted by Gasteiger charge is -2.43. The molecule has 0 atom stereocenters. The fourth-order valence-electron chi connectivity index (χ4n) is 3.45. The van der Waals surface area contributed by atoms with Crippen molar-refractivity contribution >= 4 is 33.3 Å². The van der Waals surface area contributed by atoms with E-state index in [2.05, 4.69) is 30.8 Å². The van der Waals surface area contributed by atoms with Gasteiger partial charge in [0.25, 0.3) is 0 Å². The van der Waals surface area contributed by atoms with Crippen LogP contribution in [0.4, 0.5) is 5.82 Å². The molecule has 0 unspecified atom stereocenters. The van der Waals surface area contributed by atoms with Gasteiger partial charge in [-0.25, -0.2) is 4.98 Å². The van der Waals surface area contributed by atoms with Gasteiger partial charge in [0.2, 0.25) is 5.28 Å². The number of aromatic nitrogens is 2. The average molecular weight is 376 g/mol. The summed E-state index contributed by atoms with van der Waals surface area (Å²) in [6.45, 7) is 4.27. The second-order valence-electron chi connectivity index (χ2n) is 6.14.